The maximum absolute atomic E-state index is 12.3. The molecule has 0 saturated heterocycles. The molecule has 3 rings (SSSR count). The van der Waals surface area contributed by atoms with E-state index in [1.165, 1.54) is 24.0 Å². The molecular formula is C21H26N4O. The van der Waals surface area contributed by atoms with Crippen molar-refractivity contribution in [3.05, 3.63) is 65.2 Å². The molecule has 3 N–H and O–H groups in total. The van der Waals surface area contributed by atoms with Crippen molar-refractivity contribution in [1.82, 2.24) is 4.90 Å². The summed E-state index contributed by atoms with van der Waals surface area (Å²) in [5.41, 5.74) is 10.8. The molecular weight excluding hydrogens is 324 g/mol. The van der Waals surface area contributed by atoms with Crippen molar-refractivity contribution in [1.29, 1.82) is 0 Å². The largest absolute Gasteiger partial charge is 0.370 e. The van der Waals surface area contributed by atoms with Crippen molar-refractivity contribution < 1.29 is 4.79 Å². The number of carbonyl (C=O) groups excluding carboxylic acids is 1. The minimum absolute atomic E-state index is 0.0389. The number of guanidine groups is 1. The van der Waals surface area contributed by atoms with Crippen LogP contribution in [0.2, 0.25) is 0 Å². The number of hydrogen-bond acceptors (Lipinski definition) is 2. The highest BCUT2D eigenvalue weighted by atomic mass is 16.2. The summed E-state index contributed by atoms with van der Waals surface area (Å²) in [6, 6.07) is 16.1. The molecule has 5 nitrogen and oxygen atoms in total. The van der Waals surface area contributed by atoms with Crippen molar-refractivity contribution in [3.63, 3.8) is 0 Å². The van der Waals surface area contributed by atoms with Crippen LogP contribution in [0.3, 0.4) is 0 Å². The maximum atomic E-state index is 12.3. The summed E-state index contributed by atoms with van der Waals surface area (Å²) < 4.78 is 0. The second-order valence-corrected chi connectivity index (χ2v) is 6.71. The van der Waals surface area contributed by atoms with E-state index in [4.69, 9.17) is 5.73 Å². The van der Waals surface area contributed by atoms with E-state index < -0.39 is 0 Å². The van der Waals surface area contributed by atoms with Gasteiger partial charge in [-0.05, 0) is 48.4 Å². The van der Waals surface area contributed by atoms with E-state index in [9.17, 15) is 4.79 Å². The molecule has 26 heavy (non-hydrogen) atoms. The average molecular weight is 350 g/mol. The molecule has 0 bridgehead atoms. The number of benzene rings is 2. The highest BCUT2D eigenvalue weighted by Gasteiger charge is 2.13. The molecule has 0 fully saturated rings. The van der Waals surface area contributed by atoms with Crippen molar-refractivity contribution in [2.45, 2.75) is 32.2 Å². The Morgan fingerprint density at radius 3 is 2.69 bits per heavy atom. The van der Waals surface area contributed by atoms with Crippen LogP contribution >= 0.6 is 0 Å². The third-order valence-electron chi connectivity index (χ3n) is 4.73. The van der Waals surface area contributed by atoms with E-state index in [-0.39, 0.29) is 18.4 Å². The number of nitrogens with zero attached hydrogens (tertiary/aromatic N) is 2. The van der Waals surface area contributed by atoms with Crippen LogP contribution in [0.4, 0.5) is 5.69 Å². The van der Waals surface area contributed by atoms with Gasteiger partial charge in [-0.1, -0.05) is 42.5 Å². The Bertz CT molecular complexity index is 786. The van der Waals surface area contributed by atoms with Crippen LogP contribution in [0, 0.1) is 0 Å². The predicted octanol–water partition coefficient (Wildman–Crippen LogP) is 2.95. The highest BCUT2D eigenvalue weighted by molar-refractivity contribution is 5.94. The van der Waals surface area contributed by atoms with Crippen LogP contribution in [-0.4, -0.2) is 30.4 Å². The number of fused-ring (bicyclic) bond motifs is 1. The molecule has 0 saturated carbocycles. The van der Waals surface area contributed by atoms with Crippen LogP contribution < -0.4 is 11.1 Å². The lowest BCUT2D eigenvalue weighted by Crippen LogP contribution is -2.31. The van der Waals surface area contributed by atoms with E-state index in [2.05, 4.69) is 16.4 Å². The van der Waals surface area contributed by atoms with Gasteiger partial charge in [0.25, 0.3) is 0 Å². The SMILES string of the molecule is CN(Cc1ccccc1)C(=O)CN=C(N)Nc1cccc2c1CCCC2. The summed E-state index contributed by atoms with van der Waals surface area (Å²) in [5.74, 6) is 0.221. The van der Waals surface area contributed by atoms with Crippen LogP contribution in [0.25, 0.3) is 0 Å². The number of aryl methyl sites for hydroxylation is 1. The van der Waals surface area contributed by atoms with E-state index in [1.807, 2.05) is 42.5 Å². The average Bonchev–Trinajstić information content (AvgIpc) is 2.67. The molecule has 0 atom stereocenters. The first-order valence-corrected chi connectivity index (χ1v) is 9.09. The Morgan fingerprint density at radius 1 is 1.12 bits per heavy atom. The molecule has 5 heteroatoms. The summed E-state index contributed by atoms with van der Waals surface area (Å²) in [5, 5.41) is 3.17. The topological polar surface area (TPSA) is 70.7 Å². The smallest absolute Gasteiger partial charge is 0.244 e. The molecule has 0 heterocycles. The number of aliphatic imine (C=N–C) groups is 1. The van der Waals surface area contributed by atoms with Gasteiger partial charge in [0.05, 0.1) is 0 Å². The van der Waals surface area contributed by atoms with Gasteiger partial charge in [0.1, 0.15) is 6.54 Å². The summed E-state index contributed by atoms with van der Waals surface area (Å²) in [6.45, 7) is 0.603. The zero-order valence-corrected chi connectivity index (χ0v) is 15.2. The van der Waals surface area contributed by atoms with Gasteiger partial charge in [0, 0.05) is 19.3 Å². The first kappa shape index (κ1) is 18.0. The number of carbonyl (C=O) groups is 1. The Balaban J connectivity index is 1.57. The van der Waals surface area contributed by atoms with Gasteiger partial charge >= 0.3 is 0 Å². The number of amides is 1. The summed E-state index contributed by atoms with van der Waals surface area (Å²) in [7, 11) is 1.78. The molecule has 0 spiro atoms. The number of nitrogens with one attached hydrogen (secondary N) is 1. The molecule has 1 amide bonds. The lowest BCUT2D eigenvalue weighted by atomic mass is 9.90. The van der Waals surface area contributed by atoms with Crippen molar-refractivity contribution in [3.8, 4) is 0 Å². The monoisotopic (exact) mass is 350 g/mol. The third-order valence-corrected chi connectivity index (χ3v) is 4.73. The van der Waals surface area contributed by atoms with Gasteiger partial charge in [0.15, 0.2) is 5.96 Å². The molecule has 1 aliphatic carbocycles. The molecule has 1 aliphatic rings. The molecule has 0 unspecified atom stereocenters. The maximum Gasteiger partial charge on any atom is 0.244 e. The Labute approximate surface area is 154 Å². The van der Waals surface area contributed by atoms with Gasteiger partial charge in [-0.25, -0.2) is 4.99 Å². The standard InChI is InChI=1S/C21H26N4O/c1-25(15-16-8-3-2-4-9-16)20(26)14-23-21(22)24-19-13-7-11-17-10-5-6-12-18(17)19/h2-4,7-9,11,13H,5-6,10,12,14-15H2,1H3,(H3,22,23,24). The van der Waals surface area contributed by atoms with E-state index in [0.717, 1.165) is 24.1 Å². The van der Waals surface area contributed by atoms with Crippen LogP contribution in [0.1, 0.15) is 29.5 Å². The molecule has 2 aromatic carbocycles. The zero-order chi connectivity index (χ0) is 18.4. The summed E-state index contributed by atoms with van der Waals surface area (Å²) in [4.78, 5) is 18.2. The van der Waals surface area contributed by atoms with Gasteiger partial charge in [-0.2, -0.15) is 0 Å². The normalized spacial score (nSPS) is 13.8. The molecule has 0 aromatic heterocycles. The van der Waals surface area contributed by atoms with Crippen LogP contribution in [0.5, 0.6) is 0 Å². The van der Waals surface area contributed by atoms with E-state index in [1.54, 1.807) is 11.9 Å². The number of nitrogens with two attached hydrogens (primary N) is 1. The first-order valence-electron chi connectivity index (χ1n) is 9.09. The van der Waals surface area contributed by atoms with Gasteiger partial charge in [-0.3, -0.25) is 4.79 Å². The number of hydrogen-bond donors (Lipinski definition) is 2. The second-order valence-electron chi connectivity index (χ2n) is 6.71. The minimum Gasteiger partial charge on any atom is -0.370 e. The summed E-state index contributed by atoms with van der Waals surface area (Å²) in [6.07, 6.45) is 4.61. The molecule has 0 radical (unpaired) electrons. The first-order chi connectivity index (χ1) is 12.6. The van der Waals surface area contributed by atoms with E-state index in [0.29, 0.717) is 6.54 Å². The fourth-order valence-electron chi connectivity index (χ4n) is 3.29. The number of likely N-dealkylation sites (N-methyl/N-ethyl adjacent to an activating group) is 1. The fraction of sp³-hybridized carbons (Fsp3) is 0.333. The number of anilines is 1. The van der Waals surface area contributed by atoms with Crippen molar-refractivity contribution in [2.75, 3.05) is 18.9 Å². The van der Waals surface area contributed by atoms with Crippen LogP contribution in [-0.2, 0) is 24.2 Å². The molecule has 136 valence electrons. The van der Waals surface area contributed by atoms with Crippen molar-refractivity contribution >= 4 is 17.6 Å². The van der Waals surface area contributed by atoms with Crippen molar-refractivity contribution in [2.24, 2.45) is 10.7 Å². The lowest BCUT2D eigenvalue weighted by molar-refractivity contribution is -0.128. The van der Waals surface area contributed by atoms with Crippen LogP contribution in [0.15, 0.2) is 53.5 Å². The quantitative estimate of drug-likeness (QED) is 0.643. The minimum atomic E-state index is -0.0614. The fourth-order valence-corrected chi connectivity index (χ4v) is 3.29. The van der Waals surface area contributed by atoms with E-state index >= 15 is 0 Å². The Kier molecular flexibility index (Phi) is 5.89. The lowest BCUT2D eigenvalue weighted by Gasteiger charge is -2.20. The molecule has 2 aromatic rings. The number of rotatable bonds is 5. The van der Waals surface area contributed by atoms with Gasteiger partial charge in [-0.15, -0.1) is 0 Å². The second kappa shape index (κ2) is 8.52. The molecule has 0 aliphatic heterocycles. The van der Waals surface area contributed by atoms with Gasteiger partial charge in [0.2, 0.25) is 5.91 Å². The van der Waals surface area contributed by atoms with Gasteiger partial charge < -0.3 is 16.0 Å². The highest BCUT2D eigenvalue weighted by Crippen LogP contribution is 2.27. The third kappa shape index (κ3) is 4.63. The Hall–Kier alpha value is -2.82. The predicted molar refractivity (Wildman–Crippen MR) is 106 cm³/mol. The Morgan fingerprint density at radius 2 is 1.88 bits per heavy atom. The summed E-state index contributed by atoms with van der Waals surface area (Å²) >= 11 is 0. The zero-order valence-electron chi connectivity index (χ0n) is 15.2.